The lowest BCUT2D eigenvalue weighted by Gasteiger charge is -2.21. The van der Waals surface area contributed by atoms with Crippen LogP contribution in [0.25, 0.3) is 0 Å². The van der Waals surface area contributed by atoms with Crippen LogP contribution in [-0.2, 0) is 13.1 Å². The zero-order valence-electron chi connectivity index (χ0n) is 10.6. The Hall–Kier alpha value is -0.620. The maximum Gasteiger partial charge on any atom is 0.165 e. The molecule has 0 amide bonds. The van der Waals surface area contributed by atoms with E-state index in [0.29, 0.717) is 6.04 Å². The number of hydrogen-bond acceptors (Lipinski definition) is 5. The summed E-state index contributed by atoms with van der Waals surface area (Å²) in [6.07, 6.45) is 2.59. The summed E-state index contributed by atoms with van der Waals surface area (Å²) in [5.41, 5.74) is 0. The van der Waals surface area contributed by atoms with Gasteiger partial charge in [0.1, 0.15) is 0 Å². The number of nitrogens with one attached hydrogen (secondary N) is 1. The van der Waals surface area contributed by atoms with Gasteiger partial charge in [0.25, 0.3) is 0 Å². The van der Waals surface area contributed by atoms with Gasteiger partial charge in [-0.1, -0.05) is 13.8 Å². The maximum absolute atomic E-state index is 4.10. The van der Waals surface area contributed by atoms with Crippen LogP contribution in [0.2, 0.25) is 0 Å². The van der Waals surface area contributed by atoms with Crippen molar-refractivity contribution in [1.82, 2.24) is 25.5 Å². The summed E-state index contributed by atoms with van der Waals surface area (Å²) in [5, 5.41) is 15.3. The summed E-state index contributed by atoms with van der Waals surface area (Å²) in [4.78, 5) is 0. The predicted molar refractivity (Wildman–Crippen MR) is 69.8 cm³/mol. The average molecular weight is 255 g/mol. The predicted octanol–water partition coefficient (Wildman–Crippen LogP) is 1.31. The molecule has 96 valence electrons. The molecular weight excluding hydrogens is 234 g/mol. The van der Waals surface area contributed by atoms with Gasteiger partial charge in [-0.3, -0.25) is 0 Å². The van der Waals surface area contributed by atoms with E-state index < -0.39 is 0 Å². The Morgan fingerprint density at radius 2 is 2.18 bits per heavy atom. The van der Waals surface area contributed by atoms with Gasteiger partial charge in [0, 0.05) is 12.6 Å². The second-order valence-corrected chi connectivity index (χ2v) is 6.09. The molecule has 5 nitrogen and oxygen atoms in total. The minimum atomic E-state index is 0.464. The SMILES string of the molecule is CC(C)NCc1nnnn1CC1CCSCC1. The van der Waals surface area contributed by atoms with Crippen LogP contribution in [0.3, 0.4) is 0 Å². The first kappa shape index (κ1) is 12.8. The molecule has 1 aliphatic heterocycles. The number of hydrogen-bond donors (Lipinski definition) is 1. The van der Waals surface area contributed by atoms with Gasteiger partial charge in [-0.15, -0.1) is 5.10 Å². The largest absolute Gasteiger partial charge is 0.308 e. The number of tetrazole rings is 1. The molecule has 1 fully saturated rings. The minimum Gasteiger partial charge on any atom is -0.308 e. The van der Waals surface area contributed by atoms with Crippen LogP contribution in [-0.4, -0.2) is 37.8 Å². The van der Waals surface area contributed by atoms with Crippen molar-refractivity contribution in [3.63, 3.8) is 0 Å². The van der Waals surface area contributed by atoms with Gasteiger partial charge < -0.3 is 5.32 Å². The second kappa shape index (κ2) is 6.35. The Morgan fingerprint density at radius 3 is 2.88 bits per heavy atom. The molecule has 2 heterocycles. The minimum absolute atomic E-state index is 0.464. The van der Waals surface area contributed by atoms with Gasteiger partial charge in [-0.25, -0.2) is 4.68 Å². The Balaban J connectivity index is 1.88. The second-order valence-electron chi connectivity index (χ2n) is 4.87. The van der Waals surface area contributed by atoms with Crippen molar-refractivity contribution in [1.29, 1.82) is 0 Å². The molecule has 1 saturated heterocycles. The van der Waals surface area contributed by atoms with Crippen molar-refractivity contribution in [2.24, 2.45) is 5.92 Å². The Kier molecular flexibility index (Phi) is 4.79. The highest BCUT2D eigenvalue weighted by atomic mass is 32.2. The van der Waals surface area contributed by atoms with Gasteiger partial charge in [0.05, 0.1) is 6.54 Å². The van der Waals surface area contributed by atoms with Crippen molar-refractivity contribution in [2.75, 3.05) is 11.5 Å². The van der Waals surface area contributed by atoms with Crippen LogP contribution in [0, 0.1) is 5.92 Å². The fourth-order valence-electron chi connectivity index (χ4n) is 1.96. The highest BCUT2D eigenvalue weighted by molar-refractivity contribution is 7.99. The monoisotopic (exact) mass is 255 g/mol. The van der Waals surface area contributed by atoms with Gasteiger partial charge in [-0.05, 0) is 40.7 Å². The molecule has 1 N–H and O–H groups in total. The third kappa shape index (κ3) is 3.96. The number of aromatic nitrogens is 4. The third-order valence-electron chi connectivity index (χ3n) is 3.05. The summed E-state index contributed by atoms with van der Waals surface area (Å²) in [6, 6.07) is 0.464. The van der Waals surface area contributed by atoms with E-state index in [1.807, 2.05) is 4.68 Å². The van der Waals surface area contributed by atoms with Crippen LogP contribution in [0.4, 0.5) is 0 Å². The molecule has 1 aromatic heterocycles. The fourth-order valence-corrected chi connectivity index (χ4v) is 3.16. The smallest absolute Gasteiger partial charge is 0.165 e. The Labute approximate surface area is 107 Å². The molecule has 0 atom stereocenters. The zero-order chi connectivity index (χ0) is 12.1. The van der Waals surface area contributed by atoms with Crippen molar-refractivity contribution in [3.8, 4) is 0 Å². The van der Waals surface area contributed by atoms with E-state index in [2.05, 4.69) is 46.5 Å². The molecule has 0 aliphatic carbocycles. The van der Waals surface area contributed by atoms with E-state index in [1.54, 1.807) is 0 Å². The zero-order valence-corrected chi connectivity index (χ0v) is 11.4. The van der Waals surface area contributed by atoms with E-state index in [-0.39, 0.29) is 0 Å². The first-order valence-electron chi connectivity index (χ1n) is 6.32. The van der Waals surface area contributed by atoms with Crippen molar-refractivity contribution >= 4 is 11.8 Å². The normalized spacial score (nSPS) is 17.8. The molecule has 0 bridgehead atoms. The van der Waals surface area contributed by atoms with E-state index in [0.717, 1.165) is 24.8 Å². The lowest BCUT2D eigenvalue weighted by atomic mass is 10.0. The average Bonchev–Trinajstić information content (AvgIpc) is 2.75. The maximum atomic E-state index is 4.10. The van der Waals surface area contributed by atoms with E-state index in [9.17, 15) is 0 Å². The summed E-state index contributed by atoms with van der Waals surface area (Å²) in [6.45, 7) is 5.99. The van der Waals surface area contributed by atoms with Crippen LogP contribution < -0.4 is 5.32 Å². The summed E-state index contributed by atoms with van der Waals surface area (Å²) in [5.74, 6) is 4.27. The Bertz CT molecular complexity index is 332. The van der Waals surface area contributed by atoms with Crippen LogP contribution in [0.1, 0.15) is 32.5 Å². The van der Waals surface area contributed by atoms with E-state index in [4.69, 9.17) is 0 Å². The first-order valence-corrected chi connectivity index (χ1v) is 7.47. The molecule has 0 aromatic carbocycles. The standard InChI is InChI=1S/C11H21N5S/c1-9(2)12-7-11-13-14-15-16(11)8-10-3-5-17-6-4-10/h9-10,12H,3-8H2,1-2H3. The quantitative estimate of drug-likeness (QED) is 0.860. The lowest BCUT2D eigenvalue weighted by molar-refractivity contribution is 0.377. The highest BCUT2D eigenvalue weighted by Gasteiger charge is 2.16. The summed E-state index contributed by atoms with van der Waals surface area (Å²) >= 11 is 2.06. The molecular formula is C11H21N5S. The number of rotatable bonds is 5. The first-order chi connectivity index (χ1) is 8.25. The molecule has 6 heteroatoms. The number of thioether (sulfide) groups is 1. The molecule has 0 spiro atoms. The molecule has 0 radical (unpaired) electrons. The number of nitrogens with zero attached hydrogens (tertiary/aromatic N) is 4. The van der Waals surface area contributed by atoms with Gasteiger partial charge in [0.2, 0.25) is 0 Å². The molecule has 1 aliphatic rings. The Morgan fingerprint density at radius 1 is 1.41 bits per heavy atom. The molecule has 0 saturated carbocycles. The molecule has 0 unspecified atom stereocenters. The van der Waals surface area contributed by atoms with Crippen LogP contribution in [0.15, 0.2) is 0 Å². The molecule has 2 rings (SSSR count). The molecule has 17 heavy (non-hydrogen) atoms. The van der Waals surface area contributed by atoms with Crippen molar-refractivity contribution in [2.45, 2.75) is 45.8 Å². The summed E-state index contributed by atoms with van der Waals surface area (Å²) < 4.78 is 1.97. The van der Waals surface area contributed by atoms with Crippen LogP contribution >= 0.6 is 11.8 Å². The van der Waals surface area contributed by atoms with Crippen LogP contribution in [0.5, 0.6) is 0 Å². The van der Waals surface area contributed by atoms with Crippen molar-refractivity contribution < 1.29 is 0 Å². The third-order valence-corrected chi connectivity index (χ3v) is 4.10. The lowest BCUT2D eigenvalue weighted by Crippen LogP contribution is -2.26. The van der Waals surface area contributed by atoms with Gasteiger partial charge >= 0.3 is 0 Å². The highest BCUT2D eigenvalue weighted by Crippen LogP contribution is 2.23. The van der Waals surface area contributed by atoms with Gasteiger partial charge in [-0.2, -0.15) is 11.8 Å². The molecule has 1 aromatic rings. The summed E-state index contributed by atoms with van der Waals surface area (Å²) in [7, 11) is 0. The van der Waals surface area contributed by atoms with E-state index >= 15 is 0 Å². The van der Waals surface area contributed by atoms with Gasteiger partial charge in [0.15, 0.2) is 5.82 Å². The van der Waals surface area contributed by atoms with E-state index in [1.165, 1.54) is 24.3 Å². The topological polar surface area (TPSA) is 55.6 Å². The fraction of sp³-hybridized carbons (Fsp3) is 0.909. The van der Waals surface area contributed by atoms with Crippen molar-refractivity contribution in [3.05, 3.63) is 5.82 Å².